The molecule has 0 heterocycles. The lowest BCUT2D eigenvalue weighted by molar-refractivity contribution is 0.0650. The Morgan fingerprint density at radius 2 is 1.77 bits per heavy atom. The molecule has 0 aromatic heterocycles. The Balaban J connectivity index is 0. The standard InChI is InChI=1S/C4H12N2.C4H10O3/c1-2-3-4-6-5;5-1-3-7-4-2-6/h6H,2-5H2,1H3;5-6H,1-4H2. The minimum absolute atomic E-state index is 0.0278. The fourth-order valence-corrected chi connectivity index (χ4v) is 0.510. The molecule has 0 aliphatic rings. The van der Waals surface area contributed by atoms with Crippen molar-refractivity contribution in [3.63, 3.8) is 0 Å². The maximum Gasteiger partial charge on any atom is 0.0698 e. The maximum absolute atomic E-state index is 8.09. The number of hydrazine groups is 1. The second-order valence-electron chi connectivity index (χ2n) is 2.37. The molecule has 0 aromatic carbocycles. The van der Waals surface area contributed by atoms with Crippen LogP contribution in [-0.2, 0) is 4.74 Å². The molecular weight excluding hydrogens is 172 g/mol. The van der Waals surface area contributed by atoms with E-state index in [9.17, 15) is 0 Å². The number of nitrogens with one attached hydrogen (secondary N) is 1. The van der Waals surface area contributed by atoms with Crippen molar-refractivity contribution in [3.8, 4) is 0 Å². The highest BCUT2D eigenvalue weighted by Gasteiger charge is 1.79. The SMILES string of the molecule is CCCCNN.OCCOCCO. The fourth-order valence-electron chi connectivity index (χ4n) is 0.510. The average molecular weight is 194 g/mol. The number of ether oxygens (including phenoxy) is 1. The van der Waals surface area contributed by atoms with E-state index in [1.165, 1.54) is 12.8 Å². The van der Waals surface area contributed by atoms with Crippen LogP contribution in [-0.4, -0.2) is 43.2 Å². The fraction of sp³-hybridized carbons (Fsp3) is 1.00. The molecule has 0 atom stereocenters. The molecule has 0 aliphatic heterocycles. The summed E-state index contributed by atoms with van der Waals surface area (Å²) in [6, 6.07) is 0. The Hall–Kier alpha value is -0.200. The number of rotatable bonds is 7. The third-order valence-electron chi connectivity index (χ3n) is 1.15. The Labute approximate surface area is 79.9 Å². The molecule has 5 N–H and O–H groups in total. The molecule has 82 valence electrons. The molecule has 5 heteroatoms. The monoisotopic (exact) mass is 194 g/mol. The van der Waals surface area contributed by atoms with E-state index in [1.54, 1.807) is 0 Å². The highest BCUT2D eigenvalue weighted by atomic mass is 16.5. The molecule has 0 aliphatic carbocycles. The summed E-state index contributed by atoms with van der Waals surface area (Å²) in [6.07, 6.45) is 2.39. The summed E-state index contributed by atoms with van der Waals surface area (Å²) >= 11 is 0. The van der Waals surface area contributed by atoms with E-state index in [0.29, 0.717) is 13.2 Å². The highest BCUT2D eigenvalue weighted by molar-refractivity contribution is 4.33. The van der Waals surface area contributed by atoms with Crippen molar-refractivity contribution in [2.45, 2.75) is 19.8 Å². The van der Waals surface area contributed by atoms with Gasteiger partial charge >= 0.3 is 0 Å². The third-order valence-corrected chi connectivity index (χ3v) is 1.15. The predicted octanol–water partition coefficient (Wildman–Crippen LogP) is -0.763. The van der Waals surface area contributed by atoms with Crippen molar-refractivity contribution in [2.75, 3.05) is 33.0 Å². The number of nitrogens with two attached hydrogens (primary N) is 1. The smallest absolute Gasteiger partial charge is 0.0698 e. The first-order valence-corrected chi connectivity index (χ1v) is 4.56. The summed E-state index contributed by atoms with van der Waals surface area (Å²) < 4.78 is 4.63. The summed E-state index contributed by atoms with van der Waals surface area (Å²) in [6.45, 7) is 3.77. The van der Waals surface area contributed by atoms with Crippen molar-refractivity contribution < 1.29 is 14.9 Å². The highest BCUT2D eigenvalue weighted by Crippen LogP contribution is 1.78. The van der Waals surface area contributed by atoms with Crippen LogP contribution in [0.15, 0.2) is 0 Å². The lowest BCUT2D eigenvalue weighted by atomic mass is 10.3. The molecule has 13 heavy (non-hydrogen) atoms. The van der Waals surface area contributed by atoms with Gasteiger partial charge in [-0.3, -0.25) is 11.3 Å². The first kappa shape index (κ1) is 15.3. The topological polar surface area (TPSA) is 87.7 Å². The van der Waals surface area contributed by atoms with Crippen molar-refractivity contribution in [2.24, 2.45) is 5.84 Å². The van der Waals surface area contributed by atoms with Gasteiger partial charge in [0.1, 0.15) is 0 Å². The van der Waals surface area contributed by atoms with Gasteiger partial charge in [-0.25, -0.2) is 0 Å². The molecular formula is C8H22N2O3. The van der Waals surface area contributed by atoms with E-state index in [2.05, 4.69) is 17.1 Å². The third kappa shape index (κ3) is 24.5. The van der Waals surface area contributed by atoms with Crippen molar-refractivity contribution in [3.05, 3.63) is 0 Å². The second-order valence-corrected chi connectivity index (χ2v) is 2.37. The van der Waals surface area contributed by atoms with Crippen LogP contribution in [0.25, 0.3) is 0 Å². The minimum atomic E-state index is 0.0278. The van der Waals surface area contributed by atoms with Crippen LogP contribution in [0.5, 0.6) is 0 Å². The van der Waals surface area contributed by atoms with Gasteiger partial charge in [0.2, 0.25) is 0 Å². The number of aliphatic hydroxyl groups excluding tert-OH is 2. The molecule has 0 radical (unpaired) electrons. The van der Waals surface area contributed by atoms with Gasteiger partial charge in [0.05, 0.1) is 26.4 Å². The van der Waals surface area contributed by atoms with Gasteiger partial charge in [0.25, 0.3) is 0 Å². The van der Waals surface area contributed by atoms with E-state index >= 15 is 0 Å². The Morgan fingerprint density at radius 1 is 1.23 bits per heavy atom. The van der Waals surface area contributed by atoms with E-state index in [-0.39, 0.29) is 13.2 Å². The van der Waals surface area contributed by atoms with Crippen LogP contribution < -0.4 is 11.3 Å². The molecule has 0 spiro atoms. The number of aliphatic hydroxyl groups is 2. The van der Waals surface area contributed by atoms with Gasteiger partial charge < -0.3 is 14.9 Å². The van der Waals surface area contributed by atoms with Crippen LogP contribution >= 0.6 is 0 Å². The van der Waals surface area contributed by atoms with Crippen molar-refractivity contribution >= 4 is 0 Å². The van der Waals surface area contributed by atoms with Crippen molar-refractivity contribution in [1.82, 2.24) is 5.43 Å². The van der Waals surface area contributed by atoms with Gasteiger partial charge in [-0.1, -0.05) is 13.3 Å². The minimum Gasteiger partial charge on any atom is -0.394 e. The molecule has 0 rings (SSSR count). The summed E-state index contributed by atoms with van der Waals surface area (Å²) in [7, 11) is 0. The van der Waals surface area contributed by atoms with Gasteiger partial charge in [-0.2, -0.15) is 0 Å². The Morgan fingerprint density at radius 3 is 2.00 bits per heavy atom. The van der Waals surface area contributed by atoms with E-state index < -0.39 is 0 Å². The molecule has 0 bridgehead atoms. The zero-order chi connectivity index (χ0) is 10.4. The summed E-state index contributed by atoms with van der Waals surface area (Å²) in [5.74, 6) is 4.96. The van der Waals surface area contributed by atoms with E-state index in [1.807, 2.05) is 0 Å². The van der Waals surface area contributed by atoms with Gasteiger partial charge in [0, 0.05) is 6.54 Å². The van der Waals surface area contributed by atoms with Crippen LogP contribution in [0, 0.1) is 0 Å². The van der Waals surface area contributed by atoms with Gasteiger partial charge in [0.15, 0.2) is 0 Å². The molecule has 0 aromatic rings. The first-order chi connectivity index (χ1) is 6.33. The van der Waals surface area contributed by atoms with Crippen LogP contribution in [0.1, 0.15) is 19.8 Å². The zero-order valence-electron chi connectivity index (χ0n) is 8.33. The number of unbranched alkanes of at least 4 members (excludes halogenated alkanes) is 1. The summed E-state index contributed by atoms with van der Waals surface area (Å²) in [5, 5.41) is 16.2. The lowest BCUT2D eigenvalue weighted by Gasteiger charge is -1.94. The van der Waals surface area contributed by atoms with Crippen LogP contribution in [0.4, 0.5) is 0 Å². The maximum atomic E-state index is 8.09. The predicted molar refractivity (Wildman–Crippen MR) is 52.1 cm³/mol. The number of hydrogen-bond acceptors (Lipinski definition) is 5. The summed E-state index contributed by atoms with van der Waals surface area (Å²) in [4.78, 5) is 0. The zero-order valence-corrected chi connectivity index (χ0v) is 8.33. The van der Waals surface area contributed by atoms with Crippen LogP contribution in [0.2, 0.25) is 0 Å². The van der Waals surface area contributed by atoms with E-state index in [4.69, 9.17) is 16.1 Å². The molecule has 0 amide bonds. The Kier molecular flexibility index (Phi) is 20.9. The number of hydrogen-bond donors (Lipinski definition) is 4. The van der Waals surface area contributed by atoms with Gasteiger partial charge in [-0.15, -0.1) is 0 Å². The molecule has 0 saturated carbocycles. The Bertz CT molecular complexity index is 66.4. The van der Waals surface area contributed by atoms with Gasteiger partial charge in [-0.05, 0) is 6.42 Å². The largest absolute Gasteiger partial charge is 0.394 e. The summed E-state index contributed by atoms with van der Waals surface area (Å²) in [5.41, 5.74) is 2.57. The quantitative estimate of drug-likeness (QED) is 0.243. The molecule has 0 fully saturated rings. The molecule has 5 nitrogen and oxygen atoms in total. The lowest BCUT2D eigenvalue weighted by Crippen LogP contribution is -2.22. The first-order valence-electron chi connectivity index (χ1n) is 4.56. The molecule has 0 unspecified atom stereocenters. The normalized spacial score (nSPS) is 9.23. The van der Waals surface area contributed by atoms with Crippen LogP contribution in [0.3, 0.4) is 0 Å². The second kappa shape index (κ2) is 17.8. The van der Waals surface area contributed by atoms with E-state index in [0.717, 1.165) is 6.54 Å². The molecule has 0 saturated heterocycles. The van der Waals surface area contributed by atoms with Crippen molar-refractivity contribution in [1.29, 1.82) is 0 Å². The average Bonchev–Trinajstić information content (AvgIpc) is 2.17.